The van der Waals surface area contributed by atoms with Gasteiger partial charge >= 0.3 is 5.97 Å². The summed E-state index contributed by atoms with van der Waals surface area (Å²) in [5.41, 5.74) is 4.49. The SMILES string of the molecule is CCOC(=O)c1c(C)[nH]c2cc(N(Cc3ccc(C#N)cc3)S(=O)(=O)CC)c(N3CCCC3)cc12. The second-order valence-electron chi connectivity index (χ2n) is 8.64. The Morgan fingerprint density at radius 1 is 1.17 bits per heavy atom. The van der Waals surface area contributed by atoms with E-state index in [0.717, 1.165) is 42.6 Å². The number of anilines is 2. The summed E-state index contributed by atoms with van der Waals surface area (Å²) >= 11 is 0. The van der Waals surface area contributed by atoms with E-state index >= 15 is 0 Å². The molecule has 2 aromatic carbocycles. The van der Waals surface area contributed by atoms with E-state index in [-0.39, 0.29) is 18.9 Å². The Hall–Kier alpha value is -3.51. The van der Waals surface area contributed by atoms with E-state index < -0.39 is 16.0 Å². The number of aryl methyl sites for hydroxylation is 1. The lowest BCUT2D eigenvalue weighted by Gasteiger charge is -2.30. The predicted octanol–water partition coefficient (Wildman–Crippen LogP) is 4.48. The van der Waals surface area contributed by atoms with Gasteiger partial charge < -0.3 is 14.6 Å². The quantitative estimate of drug-likeness (QED) is 0.463. The van der Waals surface area contributed by atoms with Crippen molar-refractivity contribution in [2.75, 3.05) is 34.7 Å². The number of H-pyrrole nitrogens is 1. The standard InChI is InChI=1S/C26H30N4O4S/c1-4-34-26(31)25-18(3)28-22-15-24(23(14-21(22)25)29-12-6-7-13-29)30(35(32,33)5-2)17-20-10-8-19(16-27)9-11-20/h8-11,14-15,28H,4-7,12-13,17H2,1-3H3. The normalized spacial score (nSPS) is 13.7. The van der Waals surface area contributed by atoms with E-state index in [0.29, 0.717) is 28.0 Å². The third kappa shape index (κ3) is 4.84. The maximum Gasteiger partial charge on any atom is 0.340 e. The Kier molecular flexibility index (Phi) is 7.03. The number of sulfonamides is 1. The van der Waals surface area contributed by atoms with Crippen molar-refractivity contribution in [1.29, 1.82) is 5.26 Å². The molecule has 1 aromatic heterocycles. The van der Waals surface area contributed by atoms with Crippen LogP contribution in [0.5, 0.6) is 0 Å². The van der Waals surface area contributed by atoms with E-state index in [2.05, 4.69) is 16.0 Å². The maximum atomic E-state index is 13.4. The number of esters is 1. The fourth-order valence-corrected chi connectivity index (χ4v) is 5.67. The molecule has 1 N–H and O–H groups in total. The molecular weight excluding hydrogens is 464 g/mol. The molecule has 184 valence electrons. The molecule has 1 fully saturated rings. The summed E-state index contributed by atoms with van der Waals surface area (Å²) in [6.07, 6.45) is 2.04. The van der Waals surface area contributed by atoms with Crippen LogP contribution in [0.15, 0.2) is 36.4 Å². The zero-order valence-corrected chi connectivity index (χ0v) is 21.1. The van der Waals surface area contributed by atoms with Crippen LogP contribution in [0.4, 0.5) is 11.4 Å². The number of carbonyl (C=O) groups excluding carboxylic acids is 1. The molecule has 0 spiro atoms. The molecule has 0 saturated carbocycles. The summed E-state index contributed by atoms with van der Waals surface area (Å²) < 4.78 is 33.5. The highest BCUT2D eigenvalue weighted by Crippen LogP contribution is 2.39. The first-order chi connectivity index (χ1) is 16.8. The van der Waals surface area contributed by atoms with Crippen LogP contribution >= 0.6 is 0 Å². The van der Waals surface area contributed by atoms with Gasteiger partial charge in [0.15, 0.2) is 0 Å². The van der Waals surface area contributed by atoms with Crippen LogP contribution in [-0.4, -0.2) is 44.8 Å². The van der Waals surface area contributed by atoms with Gasteiger partial charge in [0.2, 0.25) is 10.0 Å². The van der Waals surface area contributed by atoms with Crippen LogP contribution in [0.1, 0.15) is 53.9 Å². The van der Waals surface area contributed by atoms with Crippen LogP contribution in [0, 0.1) is 18.3 Å². The summed E-state index contributed by atoms with van der Waals surface area (Å²) in [4.78, 5) is 18.1. The highest BCUT2D eigenvalue weighted by atomic mass is 32.2. The molecular formula is C26H30N4O4S. The van der Waals surface area contributed by atoms with Crippen molar-refractivity contribution in [3.8, 4) is 6.07 Å². The Bertz CT molecular complexity index is 1380. The highest BCUT2D eigenvalue weighted by Gasteiger charge is 2.29. The number of aromatic amines is 1. The van der Waals surface area contributed by atoms with Crippen LogP contribution < -0.4 is 9.21 Å². The Balaban J connectivity index is 1.91. The van der Waals surface area contributed by atoms with E-state index in [1.54, 1.807) is 38.1 Å². The first kappa shape index (κ1) is 24.6. The number of hydrogen-bond donors (Lipinski definition) is 1. The van der Waals surface area contributed by atoms with Crippen molar-refractivity contribution >= 4 is 38.3 Å². The van der Waals surface area contributed by atoms with Gasteiger partial charge in [-0.05, 0) is 63.4 Å². The lowest BCUT2D eigenvalue weighted by atomic mass is 10.1. The lowest BCUT2D eigenvalue weighted by Crippen LogP contribution is -2.33. The first-order valence-electron chi connectivity index (χ1n) is 11.9. The van der Waals surface area contributed by atoms with Crippen molar-refractivity contribution in [3.05, 3.63) is 58.8 Å². The van der Waals surface area contributed by atoms with Gasteiger partial charge in [-0.2, -0.15) is 5.26 Å². The molecule has 0 bridgehead atoms. The number of benzene rings is 2. The van der Waals surface area contributed by atoms with Gasteiger partial charge in [0.1, 0.15) is 0 Å². The third-order valence-electron chi connectivity index (χ3n) is 6.39. The summed E-state index contributed by atoms with van der Waals surface area (Å²) in [7, 11) is -3.64. The van der Waals surface area contributed by atoms with Crippen molar-refractivity contribution in [1.82, 2.24) is 4.98 Å². The molecule has 0 radical (unpaired) electrons. The fraction of sp³-hybridized carbons (Fsp3) is 0.385. The molecule has 2 heterocycles. The van der Waals surface area contributed by atoms with Crippen LogP contribution in [0.2, 0.25) is 0 Å². The number of fused-ring (bicyclic) bond motifs is 1. The Labute approximate surface area is 206 Å². The van der Waals surface area contributed by atoms with Crippen LogP contribution in [-0.2, 0) is 21.3 Å². The van der Waals surface area contributed by atoms with Crippen molar-refractivity contribution in [2.45, 2.75) is 40.2 Å². The minimum absolute atomic E-state index is 0.0570. The molecule has 0 amide bonds. The second kappa shape index (κ2) is 10.0. The summed E-state index contributed by atoms with van der Waals surface area (Å²) in [5, 5.41) is 9.83. The number of nitrogens with one attached hydrogen (secondary N) is 1. The number of nitriles is 1. The largest absolute Gasteiger partial charge is 0.462 e. The molecule has 8 nitrogen and oxygen atoms in total. The minimum Gasteiger partial charge on any atom is -0.462 e. The highest BCUT2D eigenvalue weighted by molar-refractivity contribution is 7.92. The van der Waals surface area contributed by atoms with E-state index in [9.17, 15) is 13.2 Å². The van der Waals surface area contributed by atoms with Gasteiger partial charge in [0.25, 0.3) is 0 Å². The van der Waals surface area contributed by atoms with E-state index in [1.807, 2.05) is 19.1 Å². The Morgan fingerprint density at radius 2 is 1.86 bits per heavy atom. The van der Waals surface area contributed by atoms with E-state index in [1.165, 1.54) is 4.31 Å². The summed E-state index contributed by atoms with van der Waals surface area (Å²) in [6.45, 7) is 7.26. The monoisotopic (exact) mass is 494 g/mol. The number of nitrogens with zero attached hydrogens (tertiary/aromatic N) is 3. The summed E-state index contributed by atoms with van der Waals surface area (Å²) in [5.74, 6) is -0.453. The molecule has 35 heavy (non-hydrogen) atoms. The molecule has 3 aromatic rings. The third-order valence-corrected chi connectivity index (χ3v) is 8.11. The molecule has 1 saturated heterocycles. The smallest absolute Gasteiger partial charge is 0.340 e. The molecule has 0 unspecified atom stereocenters. The van der Waals surface area contributed by atoms with Gasteiger partial charge in [-0.25, -0.2) is 13.2 Å². The van der Waals surface area contributed by atoms with Crippen molar-refractivity contribution in [2.24, 2.45) is 0 Å². The number of aromatic nitrogens is 1. The van der Waals surface area contributed by atoms with Crippen LogP contribution in [0.3, 0.4) is 0 Å². The van der Waals surface area contributed by atoms with Gasteiger partial charge in [-0.15, -0.1) is 0 Å². The molecule has 1 aliphatic heterocycles. The molecule has 0 aliphatic carbocycles. The molecule has 0 atom stereocenters. The lowest BCUT2D eigenvalue weighted by molar-refractivity contribution is 0.0528. The van der Waals surface area contributed by atoms with Gasteiger partial charge in [0, 0.05) is 29.7 Å². The molecule has 9 heteroatoms. The van der Waals surface area contributed by atoms with E-state index in [4.69, 9.17) is 10.00 Å². The van der Waals surface area contributed by atoms with Gasteiger partial charge in [-0.1, -0.05) is 12.1 Å². The fourth-order valence-electron chi connectivity index (χ4n) is 4.57. The molecule has 1 aliphatic rings. The first-order valence-corrected chi connectivity index (χ1v) is 13.5. The number of carbonyl (C=O) groups is 1. The zero-order chi connectivity index (χ0) is 25.2. The van der Waals surface area contributed by atoms with Crippen molar-refractivity contribution in [3.63, 3.8) is 0 Å². The average molecular weight is 495 g/mol. The van der Waals surface area contributed by atoms with Gasteiger partial charge in [0.05, 0.1) is 47.5 Å². The number of hydrogen-bond acceptors (Lipinski definition) is 6. The van der Waals surface area contributed by atoms with Crippen LogP contribution in [0.25, 0.3) is 10.9 Å². The molecule has 4 rings (SSSR count). The average Bonchev–Trinajstić information content (AvgIpc) is 3.49. The van der Waals surface area contributed by atoms with Gasteiger partial charge in [-0.3, -0.25) is 4.31 Å². The topological polar surface area (TPSA) is 106 Å². The zero-order valence-electron chi connectivity index (χ0n) is 20.3. The maximum absolute atomic E-state index is 13.4. The Morgan fingerprint density at radius 3 is 2.46 bits per heavy atom. The number of rotatable bonds is 8. The predicted molar refractivity (Wildman–Crippen MR) is 137 cm³/mol. The number of ether oxygens (including phenoxy) is 1. The van der Waals surface area contributed by atoms with Crippen molar-refractivity contribution < 1.29 is 17.9 Å². The minimum atomic E-state index is -3.64. The summed E-state index contributed by atoms with van der Waals surface area (Å²) in [6, 6.07) is 12.8. The second-order valence-corrected chi connectivity index (χ2v) is 10.8.